The summed E-state index contributed by atoms with van der Waals surface area (Å²) in [5.74, 6) is 0.665. The Kier molecular flexibility index (Phi) is 9.06. The Labute approximate surface area is 188 Å². The Morgan fingerprint density at radius 1 is 1.21 bits per heavy atom. The zero-order valence-electron chi connectivity index (χ0n) is 16.8. The summed E-state index contributed by atoms with van der Waals surface area (Å²) in [5, 5.41) is 6.65. The van der Waals surface area contributed by atoms with Gasteiger partial charge in [0, 0.05) is 44.5 Å². The van der Waals surface area contributed by atoms with Crippen molar-refractivity contribution in [3.05, 3.63) is 59.3 Å². The van der Waals surface area contributed by atoms with Crippen molar-refractivity contribution < 1.29 is 8.78 Å². The summed E-state index contributed by atoms with van der Waals surface area (Å²) in [6.45, 7) is 4.40. The quantitative estimate of drug-likeness (QED) is 0.363. The first-order chi connectivity index (χ1) is 13.5. The number of hydrogen-bond donors (Lipinski definition) is 2. The second kappa shape index (κ2) is 11.3. The molecule has 8 heteroatoms. The second-order valence-corrected chi connectivity index (χ2v) is 7.03. The van der Waals surface area contributed by atoms with Gasteiger partial charge >= 0.3 is 0 Å². The molecule has 3 rings (SSSR count). The van der Waals surface area contributed by atoms with Crippen molar-refractivity contribution in [3.8, 4) is 0 Å². The van der Waals surface area contributed by atoms with Crippen LogP contribution in [0.3, 0.4) is 0 Å². The highest BCUT2D eigenvalue weighted by atomic mass is 127. The fraction of sp³-hybridized carbons (Fsp3) is 0.429. The van der Waals surface area contributed by atoms with Crippen LogP contribution in [0.5, 0.6) is 0 Å². The monoisotopic (exact) mass is 515 g/mol. The van der Waals surface area contributed by atoms with Crippen LogP contribution in [-0.2, 0) is 6.42 Å². The molecule has 1 aliphatic heterocycles. The van der Waals surface area contributed by atoms with Gasteiger partial charge in [0.15, 0.2) is 5.96 Å². The number of piperidine rings is 1. The number of nitrogens with one attached hydrogen (secondary N) is 2. The summed E-state index contributed by atoms with van der Waals surface area (Å²) in [6, 6.07) is 10.1. The molecular weight excluding hydrogens is 487 g/mol. The molecule has 5 nitrogen and oxygen atoms in total. The minimum absolute atomic E-state index is 0. The number of aromatic nitrogens is 1. The van der Waals surface area contributed by atoms with Crippen molar-refractivity contribution in [1.29, 1.82) is 0 Å². The highest BCUT2D eigenvalue weighted by Gasteiger charge is 2.21. The molecule has 1 aliphatic rings. The largest absolute Gasteiger partial charge is 0.356 e. The van der Waals surface area contributed by atoms with Gasteiger partial charge in [0.25, 0.3) is 0 Å². The van der Waals surface area contributed by atoms with Gasteiger partial charge < -0.3 is 15.5 Å². The normalized spacial score (nSPS) is 15.0. The van der Waals surface area contributed by atoms with Crippen LogP contribution in [-0.4, -0.2) is 43.7 Å². The number of aliphatic imine (C=N–C) groups is 1. The van der Waals surface area contributed by atoms with Crippen molar-refractivity contribution in [2.45, 2.75) is 32.2 Å². The van der Waals surface area contributed by atoms with Gasteiger partial charge in [-0.3, -0.25) is 4.99 Å². The highest BCUT2D eigenvalue weighted by Crippen LogP contribution is 2.18. The number of aryl methyl sites for hydroxylation is 1. The highest BCUT2D eigenvalue weighted by molar-refractivity contribution is 14.0. The van der Waals surface area contributed by atoms with Gasteiger partial charge in [-0.05, 0) is 49.9 Å². The van der Waals surface area contributed by atoms with Crippen LogP contribution in [0.2, 0.25) is 0 Å². The SMILES string of the molecule is CN=C(NCCc1ccc(F)cc1F)NC1CCN(c2cccc(C)n2)CC1.I. The first-order valence-electron chi connectivity index (χ1n) is 9.65. The molecule has 0 atom stereocenters. The average molecular weight is 515 g/mol. The standard InChI is InChI=1S/C21H27F2N5.HI/c1-15-4-3-5-20(26-15)28-12-9-18(10-13-28)27-21(24-2)25-11-8-16-6-7-17(22)14-19(16)23;/h3-7,14,18H,8-13H2,1-2H3,(H2,24,25,27);1H. The number of halogens is 3. The molecule has 0 saturated carbocycles. The fourth-order valence-electron chi connectivity index (χ4n) is 3.39. The van der Waals surface area contributed by atoms with E-state index in [4.69, 9.17) is 0 Å². The summed E-state index contributed by atoms with van der Waals surface area (Å²) in [5.41, 5.74) is 1.52. The van der Waals surface area contributed by atoms with Crippen molar-refractivity contribution in [2.75, 3.05) is 31.6 Å². The Bertz CT molecular complexity index is 822. The minimum Gasteiger partial charge on any atom is -0.356 e. The van der Waals surface area contributed by atoms with E-state index in [1.807, 2.05) is 19.1 Å². The molecule has 2 aromatic rings. The predicted octanol–water partition coefficient (Wildman–Crippen LogP) is 3.66. The number of guanidine groups is 1. The lowest BCUT2D eigenvalue weighted by Gasteiger charge is -2.34. The van der Waals surface area contributed by atoms with Crippen LogP contribution < -0.4 is 15.5 Å². The number of anilines is 1. The number of pyridine rings is 1. The molecule has 0 unspecified atom stereocenters. The third-order valence-corrected chi connectivity index (χ3v) is 4.96. The van der Waals surface area contributed by atoms with Crippen molar-refractivity contribution in [2.24, 2.45) is 4.99 Å². The van der Waals surface area contributed by atoms with Crippen molar-refractivity contribution in [1.82, 2.24) is 15.6 Å². The number of hydrogen-bond acceptors (Lipinski definition) is 3. The molecule has 1 aromatic carbocycles. The molecule has 0 spiro atoms. The Hall–Kier alpha value is -1.97. The van der Waals surface area contributed by atoms with E-state index in [-0.39, 0.29) is 24.0 Å². The average Bonchev–Trinajstić information content (AvgIpc) is 2.69. The molecule has 0 radical (unpaired) electrons. The molecule has 2 heterocycles. The zero-order valence-corrected chi connectivity index (χ0v) is 19.1. The van der Waals surface area contributed by atoms with Crippen LogP contribution in [0.1, 0.15) is 24.1 Å². The van der Waals surface area contributed by atoms with E-state index in [1.165, 1.54) is 12.1 Å². The molecule has 0 aliphatic carbocycles. The van der Waals surface area contributed by atoms with E-state index in [0.717, 1.165) is 43.5 Å². The van der Waals surface area contributed by atoms with E-state index in [9.17, 15) is 8.78 Å². The molecule has 0 amide bonds. The van der Waals surface area contributed by atoms with E-state index in [2.05, 4.69) is 31.6 Å². The number of rotatable bonds is 5. The lowest BCUT2D eigenvalue weighted by molar-refractivity contribution is 0.459. The Morgan fingerprint density at radius 2 is 1.97 bits per heavy atom. The van der Waals surface area contributed by atoms with Crippen LogP contribution >= 0.6 is 24.0 Å². The van der Waals surface area contributed by atoms with Gasteiger partial charge in [-0.25, -0.2) is 13.8 Å². The summed E-state index contributed by atoms with van der Waals surface area (Å²) < 4.78 is 26.7. The Balaban J connectivity index is 0.00000300. The smallest absolute Gasteiger partial charge is 0.191 e. The lowest BCUT2D eigenvalue weighted by Crippen LogP contribution is -2.49. The maximum atomic E-state index is 13.7. The van der Waals surface area contributed by atoms with Gasteiger partial charge in [0.05, 0.1) is 0 Å². The predicted molar refractivity (Wildman–Crippen MR) is 124 cm³/mol. The van der Waals surface area contributed by atoms with E-state index in [1.54, 1.807) is 7.05 Å². The van der Waals surface area contributed by atoms with E-state index in [0.29, 0.717) is 30.5 Å². The fourth-order valence-corrected chi connectivity index (χ4v) is 3.39. The topological polar surface area (TPSA) is 52.6 Å². The van der Waals surface area contributed by atoms with Crippen LogP contribution in [0.25, 0.3) is 0 Å². The summed E-state index contributed by atoms with van der Waals surface area (Å²) in [7, 11) is 1.72. The van der Waals surface area contributed by atoms with Gasteiger partial charge in [-0.2, -0.15) is 0 Å². The van der Waals surface area contributed by atoms with Crippen LogP contribution in [0.4, 0.5) is 14.6 Å². The third kappa shape index (κ3) is 6.80. The van der Waals surface area contributed by atoms with E-state index < -0.39 is 11.6 Å². The van der Waals surface area contributed by atoms with Gasteiger partial charge in [0.1, 0.15) is 17.5 Å². The van der Waals surface area contributed by atoms with E-state index >= 15 is 0 Å². The summed E-state index contributed by atoms with van der Waals surface area (Å²) in [4.78, 5) is 11.2. The molecule has 29 heavy (non-hydrogen) atoms. The van der Waals surface area contributed by atoms with Gasteiger partial charge in [-0.1, -0.05) is 12.1 Å². The zero-order chi connectivity index (χ0) is 19.9. The molecular formula is C21H28F2IN5. The maximum Gasteiger partial charge on any atom is 0.191 e. The molecule has 1 saturated heterocycles. The lowest BCUT2D eigenvalue weighted by atomic mass is 10.1. The first kappa shape index (κ1) is 23.3. The Morgan fingerprint density at radius 3 is 2.62 bits per heavy atom. The maximum absolute atomic E-state index is 13.7. The molecule has 0 bridgehead atoms. The minimum atomic E-state index is -0.557. The molecule has 1 fully saturated rings. The molecule has 1 aromatic heterocycles. The van der Waals surface area contributed by atoms with Crippen LogP contribution in [0.15, 0.2) is 41.4 Å². The van der Waals surface area contributed by atoms with Gasteiger partial charge in [-0.15, -0.1) is 24.0 Å². The number of benzene rings is 1. The molecule has 2 N–H and O–H groups in total. The third-order valence-electron chi connectivity index (χ3n) is 4.96. The first-order valence-corrected chi connectivity index (χ1v) is 9.65. The van der Waals surface area contributed by atoms with Crippen molar-refractivity contribution in [3.63, 3.8) is 0 Å². The van der Waals surface area contributed by atoms with Gasteiger partial charge in [0.2, 0.25) is 0 Å². The van der Waals surface area contributed by atoms with Crippen LogP contribution in [0, 0.1) is 18.6 Å². The summed E-state index contributed by atoms with van der Waals surface area (Å²) in [6.07, 6.45) is 2.44. The van der Waals surface area contributed by atoms with Crippen molar-refractivity contribution >= 4 is 35.8 Å². The second-order valence-electron chi connectivity index (χ2n) is 7.03. The summed E-state index contributed by atoms with van der Waals surface area (Å²) >= 11 is 0. The number of nitrogens with zero attached hydrogens (tertiary/aromatic N) is 3. The molecule has 158 valence electrons.